The maximum absolute atomic E-state index is 12.6. The average molecular weight is 490 g/mol. The molecular weight excluding hydrogens is 462 g/mol. The summed E-state index contributed by atoms with van der Waals surface area (Å²) in [7, 11) is 0. The SMILES string of the molecule is NC(=O)c1cc(CCNCC(O)COc2cccc3c2C(=Cc2ccccc2O)C(=O)N3)ccc1O. The first kappa shape index (κ1) is 24.8. The summed E-state index contributed by atoms with van der Waals surface area (Å²) >= 11 is 0. The molecule has 0 aliphatic carbocycles. The molecule has 7 N–H and O–H groups in total. The number of nitrogens with two attached hydrogens (primary N) is 1. The van der Waals surface area contributed by atoms with Gasteiger partial charge < -0.3 is 36.4 Å². The lowest BCUT2D eigenvalue weighted by molar-refractivity contribution is -0.110. The second kappa shape index (κ2) is 10.9. The lowest BCUT2D eigenvalue weighted by atomic mass is 10.0. The predicted molar refractivity (Wildman–Crippen MR) is 136 cm³/mol. The van der Waals surface area contributed by atoms with Crippen LogP contribution in [0.15, 0.2) is 60.7 Å². The van der Waals surface area contributed by atoms with Gasteiger partial charge in [0.1, 0.15) is 30.0 Å². The average Bonchev–Trinajstić information content (AvgIpc) is 3.18. The molecule has 36 heavy (non-hydrogen) atoms. The van der Waals surface area contributed by atoms with E-state index in [1.54, 1.807) is 60.7 Å². The first-order chi connectivity index (χ1) is 17.3. The molecule has 3 aromatic rings. The van der Waals surface area contributed by atoms with Crippen molar-refractivity contribution in [2.45, 2.75) is 12.5 Å². The first-order valence-corrected chi connectivity index (χ1v) is 11.4. The van der Waals surface area contributed by atoms with Crippen LogP contribution in [0, 0.1) is 0 Å². The number of hydrogen-bond acceptors (Lipinski definition) is 7. The maximum Gasteiger partial charge on any atom is 0.256 e. The van der Waals surface area contributed by atoms with E-state index in [-0.39, 0.29) is 36.1 Å². The second-order valence-electron chi connectivity index (χ2n) is 8.38. The van der Waals surface area contributed by atoms with E-state index in [1.165, 1.54) is 6.07 Å². The minimum atomic E-state index is -0.822. The molecule has 1 aliphatic heterocycles. The second-order valence-corrected chi connectivity index (χ2v) is 8.38. The third kappa shape index (κ3) is 5.65. The number of fused-ring (bicyclic) bond motifs is 1. The number of primary amides is 1. The summed E-state index contributed by atoms with van der Waals surface area (Å²) in [5.74, 6) is -0.661. The Labute approximate surface area is 207 Å². The van der Waals surface area contributed by atoms with Crippen LogP contribution >= 0.6 is 0 Å². The molecule has 0 fully saturated rings. The summed E-state index contributed by atoms with van der Waals surface area (Å²) in [5.41, 5.74) is 8.18. The van der Waals surface area contributed by atoms with E-state index in [2.05, 4.69) is 10.6 Å². The molecule has 0 radical (unpaired) electrons. The Hall–Kier alpha value is -4.34. The molecule has 2 amide bonds. The molecule has 1 heterocycles. The molecule has 9 nitrogen and oxygen atoms in total. The van der Waals surface area contributed by atoms with Crippen molar-refractivity contribution in [2.24, 2.45) is 5.73 Å². The number of carbonyl (C=O) groups excluding carboxylic acids is 2. The van der Waals surface area contributed by atoms with Gasteiger partial charge in [-0.2, -0.15) is 0 Å². The number of carbonyl (C=O) groups is 2. The number of anilines is 1. The molecule has 1 aliphatic rings. The van der Waals surface area contributed by atoms with Crippen molar-refractivity contribution in [3.63, 3.8) is 0 Å². The quantitative estimate of drug-likeness (QED) is 0.189. The highest BCUT2D eigenvalue weighted by Gasteiger charge is 2.28. The number of phenols is 2. The van der Waals surface area contributed by atoms with Gasteiger partial charge in [0.2, 0.25) is 0 Å². The van der Waals surface area contributed by atoms with E-state index in [0.29, 0.717) is 41.1 Å². The molecule has 0 aromatic heterocycles. The number of hydrogen-bond donors (Lipinski definition) is 6. The summed E-state index contributed by atoms with van der Waals surface area (Å²) in [6.45, 7) is 0.771. The number of benzene rings is 3. The number of aromatic hydroxyl groups is 2. The number of para-hydroxylation sites is 1. The maximum atomic E-state index is 12.6. The van der Waals surface area contributed by atoms with Crippen LogP contribution in [0.25, 0.3) is 11.6 Å². The van der Waals surface area contributed by atoms with Gasteiger partial charge in [-0.1, -0.05) is 30.3 Å². The summed E-state index contributed by atoms with van der Waals surface area (Å²) in [6.07, 6.45) is 1.35. The Bertz CT molecular complexity index is 1320. The highest BCUT2D eigenvalue weighted by molar-refractivity contribution is 6.35. The zero-order chi connectivity index (χ0) is 25.7. The van der Waals surface area contributed by atoms with Crippen molar-refractivity contribution in [3.05, 3.63) is 82.9 Å². The highest BCUT2D eigenvalue weighted by Crippen LogP contribution is 2.40. The third-order valence-corrected chi connectivity index (χ3v) is 5.75. The van der Waals surface area contributed by atoms with Crippen molar-refractivity contribution in [1.29, 1.82) is 0 Å². The third-order valence-electron chi connectivity index (χ3n) is 5.75. The Morgan fingerprint density at radius 3 is 2.67 bits per heavy atom. The van der Waals surface area contributed by atoms with E-state index < -0.39 is 12.0 Å². The fourth-order valence-corrected chi connectivity index (χ4v) is 3.92. The number of phenolic OH excluding ortho intramolecular Hbond substituents is 1. The molecule has 186 valence electrons. The molecule has 3 aromatic carbocycles. The highest BCUT2D eigenvalue weighted by atomic mass is 16.5. The fraction of sp³-hybridized carbons (Fsp3) is 0.185. The normalized spacial score (nSPS) is 14.4. The van der Waals surface area contributed by atoms with Crippen LogP contribution in [0.2, 0.25) is 0 Å². The van der Waals surface area contributed by atoms with E-state index >= 15 is 0 Å². The first-order valence-electron chi connectivity index (χ1n) is 11.4. The Kier molecular flexibility index (Phi) is 7.53. The number of aliphatic hydroxyl groups excluding tert-OH is 1. The van der Waals surface area contributed by atoms with Gasteiger partial charge >= 0.3 is 0 Å². The van der Waals surface area contributed by atoms with Crippen LogP contribution in [0.4, 0.5) is 5.69 Å². The monoisotopic (exact) mass is 489 g/mol. The lowest BCUT2D eigenvalue weighted by Crippen LogP contribution is -2.32. The summed E-state index contributed by atoms with van der Waals surface area (Å²) in [6, 6.07) is 16.6. The Morgan fingerprint density at radius 1 is 1.08 bits per heavy atom. The summed E-state index contributed by atoms with van der Waals surface area (Å²) in [5, 5.41) is 36.1. The van der Waals surface area contributed by atoms with Gasteiger partial charge in [0.25, 0.3) is 11.8 Å². The van der Waals surface area contributed by atoms with Crippen molar-refractivity contribution in [3.8, 4) is 17.2 Å². The topological polar surface area (TPSA) is 154 Å². The van der Waals surface area contributed by atoms with Crippen LogP contribution in [0.1, 0.15) is 27.0 Å². The standard InChI is InChI=1S/C27H27N3O6/c28-26(34)19-12-16(8-9-23(19)33)10-11-29-14-18(31)15-36-24-7-3-5-21-25(24)20(27(35)30-21)13-17-4-1-2-6-22(17)32/h1-9,12-13,18,29,31-33H,10-11,14-15H2,(H2,28,34)(H,30,35). The molecule has 9 heteroatoms. The van der Waals surface area contributed by atoms with Gasteiger partial charge in [0.05, 0.1) is 22.4 Å². The van der Waals surface area contributed by atoms with E-state index in [4.69, 9.17) is 10.5 Å². The smallest absolute Gasteiger partial charge is 0.256 e. The molecule has 0 bridgehead atoms. The number of ether oxygens (including phenoxy) is 1. The van der Waals surface area contributed by atoms with Crippen LogP contribution < -0.4 is 21.1 Å². The van der Waals surface area contributed by atoms with Crippen LogP contribution in [-0.4, -0.2) is 52.9 Å². The molecular formula is C27H27N3O6. The predicted octanol–water partition coefficient (Wildman–Crippen LogP) is 2.26. The molecule has 1 atom stereocenters. The Morgan fingerprint density at radius 2 is 1.89 bits per heavy atom. The van der Waals surface area contributed by atoms with Crippen LogP contribution in [0.3, 0.4) is 0 Å². The minimum absolute atomic E-state index is 0.00740. The van der Waals surface area contributed by atoms with Crippen molar-refractivity contribution in [2.75, 3.05) is 25.0 Å². The Balaban J connectivity index is 1.35. The van der Waals surface area contributed by atoms with E-state index in [9.17, 15) is 24.9 Å². The number of aliphatic hydroxyl groups is 1. The van der Waals surface area contributed by atoms with Gasteiger partial charge in [-0.25, -0.2) is 0 Å². The summed E-state index contributed by atoms with van der Waals surface area (Å²) in [4.78, 5) is 24.0. The molecule has 1 unspecified atom stereocenters. The molecule has 4 rings (SSSR count). The van der Waals surface area contributed by atoms with Crippen molar-refractivity contribution < 1.29 is 29.6 Å². The van der Waals surface area contributed by atoms with Crippen LogP contribution in [0.5, 0.6) is 17.2 Å². The van der Waals surface area contributed by atoms with Gasteiger partial charge in [-0.15, -0.1) is 0 Å². The van der Waals surface area contributed by atoms with E-state index in [1.807, 2.05) is 0 Å². The zero-order valence-electron chi connectivity index (χ0n) is 19.4. The summed E-state index contributed by atoms with van der Waals surface area (Å²) < 4.78 is 5.86. The number of rotatable bonds is 10. The zero-order valence-corrected chi connectivity index (χ0v) is 19.4. The number of nitrogens with one attached hydrogen (secondary N) is 2. The lowest BCUT2D eigenvalue weighted by Gasteiger charge is -2.15. The van der Waals surface area contributed by atoms with Crippen molar-refractivity contribution in [1.82, 2.24) is 5.32 Å². The van der Waals surface area contributed by atoms with E-state index in [0.717, 1.165) is 5.56 Å². The van der Waals surface area contributed by atoms with Gasteiger partial charge in [0.15, 0.2) is 0 Å². The molecule has 0 saturated carbocycles. The fourth-order valence-electron chi connectivity index (χ4n) is 3.92. The van der Waals surface area contributed by atoms with Crippen LogP contribution in [-0.2, 0) is 11.2 Å². The minimum Gasteiger partial charge on any atom is -0.507 e. The number of amides is 2. The van der Waals surface area contributed by atoms with Gasteiger partial charge in [-0.05, 0) is 54.9 Å². The molecule has 0 saturated heterocycles. The van der Waals surface area contributed by atoms with Gasteiger partial charge in [0, 0.05) is 12.1 Å². The molecule has 0 spiro atoms. The largest absolute Gasteiger partial charge is 0.507 e. The van der Waals surface area contributed by atoms with Gasteiger partial charge in [-0.3, -0.25) is 9.59 Å². The van der Waals surface area contributed by atoms with Crippen molar-refractivity contribution >= 4 is 29.2 Å².